The second-order valence-electron chi connectivity index (χ2n) is 7.22. The molecule has 2 aliphatic carbocycles. The van der Waals surface area contributed by atoms with Crippen LogP contribution in [0.3, 0.4) is 0 Å². The number of fused-ring (bicyclic) bond motifs is 2. The van der Waals surface area contributed by atoms with Gasteiger partial charge in [0.2, 0.25) is 0 Å². The first-order chi connectivity index (χ1) is 11.3. The van der Waals surface area contributed by atoms with Gasteiger partial charge in [-0.15, -0.1) is 0 Å². The Morgan fingerprint density at radius 1 is 1.12 bits per heavy atom. The molecule has 0 unspecified atom stereocenters. The maximum Gasteiger partial charge on any atom is 0.303 e. The van der Waals surface area contributed by atoms with Gasteiger partial charge in [-0.2, -0.15) is 0 Å². The highest BCUT2D eigenvalue weighted by atomic mass is 19.2. The summed E-state index contributed by atoms with van der Waals surface area (Å²) in [6, 6.07) is 1.68. The molecule has 3 nitrogen and oxygen atoms in total. The van der Waals surface area contributed by atoms with Crippen LogP contribution >= 0.6 is 0 Å². The quantitative estimate of drug-likeness (QED) is 0.738. The van der Waals surface area contributed by atoms with Crippen LogP contribution in [0.1, 0.15) is 56.9 Å². The Morgan fingerprint density at radius 2 is 1.79 bits per heavy atom. The Hall–Kier alpha value is -1.56. The van der Waals surface area contributed by atoms with Gasteiger partial charge in [0.1, 0.15) is 5.82 Å². The lowest BCUT2D eigenvalue weighted by Crippen LogP contribution is -2.27. The number of rotatable bonds is 7. The van der Waals surface area contributed by atoms with Crippen LogP contribution < -0.4 is 0 Å². The molecule has 2 saturated carbocycles. The van der Waals surface area contributed by atoms with Crippen molar-refractivity contribution in [2.45, 2.75) is 63.6 Å². The van der Waals surface area contributed by atoms with Crippen molar-refractivity contribution in [2.24, 2.45) is 5.41 Å². The van der Waals surface area contributed by atoms with Crippen LogP contribution in [-0.2, 0) is 16.1 Å². The van der Waals surface area contributed by atoms with Crippen LogP contribution in [0.5, 0.6) is 0 Å². The Labute approximate surface area is 138 Å². The van der Waals surface area contributed by atoms with Crippen LogP contribution in [0.25, 0.3) is 0 Å². The molecular formula is C18H21F3O3. The molecule has 0 radical (unpaired) electrons. The summed E-state index contributed by atoms with van der Waals surface area (Å²) in [6.45, 7) is -0.277. The molecule has 3 rings (SSSR count). The number of hydrogen-bond acceptors (Lipinski definition) is 2. The van der Waals surface area contributed by atoms with E-state index in [4.69, 9.17) is 9.84 Å². The third kappa shape index (κ3) is 3.29. The molecule has 2 bridgehead atoms. The van der Waals surface area contributed by atoms with E-state index in [1.807, 2.05) is 0 Å². The number of carboxylic acid groups (broad SMARTS) is 1. The van der Waals surface area contributed by atoms with Gasteiger partial charge in [-0.05, 0) is 62.5 Å². The average Bonchev–Trinajstić information content (AvgIpc) is 3.07. The highest BCUT2D eigenvalue weighted by Gasteiger charge is 2.54. The van der Waals surface area contributed by atoms with Crippen LogP contribution in [0.15, 0.2) is 12.1 Å². The van der Waals surface area contributed by atoms with Crippen molar-refractivity contribution < 1.29 is 27.8 Å². The summed E-state index contributed by atoms with van der Waals surface area (Å²) >= 11 is 0. The lowest BCUT2D eigenvalue weighted by atomic mass is 9.80. The van der Waals surface area contributed by atoms with Crippen molar-refractivity contribution >= 4 is 5.97 Å². The number of aliphatic carboxylic acids is 1. The summed E-state index contributed by atoms with van der Waals surface area (Å²) < 4.78 is 46.6. The highest BCUT2D eigenvalue weighted by molar-refractivity contribution is 5.66. The van der Waals surface area contributed by atoms with E-state index in [9.17, 15) is 18.0 Å². The van der Waals surface area contributed by atoms with Crippen molar-refractivity contribution in [3.63, 3.8) is 0 Å². The van der Waals surface area contributed by atoms with Gasteiger partial charge in [0, 0.05) is 6.42 Å². The molecule has 1 aromatic rings. The molecule has 0 aromatic heterocycles. The van der Waals surface area contributed by atoms with E-state index in [-0.39, 0.29) is 24.0 Å². The standard InChI is InChI=1S/C18H21F3O3/c19-13-3-4-14(20)16(21)12(13)10-24-18-8-6-17(11-18,7-9-18)5-1-2-15(22)23/h3-4H,1-2,5-11H2,(H,22,23). The molecule has 0 amide bonds. The Bertz CT molecular complexity index is 637. The van der Waals surface area contributed by atoms with Crippen molar-refractivity contribution in [1.29, 1.82) is 0 Å². The minimum Gasteiger partial charge on any atom is -0.481 e. The van der Waals surface area contributed by atoms with Gasteiger partial charge in [-0.3, -0.25) is 4.79 Å². The maximum atomic E-state index is 13.7. The molecule has 2 fully saturated rings. The van der Waals surface area contributed by atoms with E-state index in [2.05, 4.69) is 0 Å². The van der Waals surface area contributed by atoms with Crippen LogP contribution in [0.4, 0.5) is 13.2 Å². The first-order valence-electron chi connectivity index (χ1n) is 8.33. The fourth-order valence-corrected chi connectivity index (χ4v) is 4.35. The van der Waals surface area contributed by atoms with Gasteiger partial charge in [-0.25, -0.2) is 13.2 Å². The largest absolute Gasteiger partial charge is 0.481 e. The van der Waals surface area contributed by atoms with Gasteiger partial charge in [0.15, 0.2) is 11.6 Å². The number of carbonyl (C=O) groups is 1. The summed E-state index contributed by atoms with van der Waals surface area (Å²) in [6.07, 6.45) is 5.93. The SMILES string of the molecule is O=C(O)CCCC12CCC(OCc3c(F)ccc(F)c3F)(CC1)C2. The number of halogens is 3. The second kappa shape index (κ2) is 6.39. The molecule has 1 N–H and O–H groups in total. The van der Waals surface area contributed by atoms with Crippen molar-refractivity contribution in [1.82, 2.24) is 0 Å². The summed E-state index contributed by atoms with van der Waals surface area (Å²) in [5.41, 5.74) is -0.678. The number of benzene rings is 1. The predicted molar refractivity (Wildman–Crippen MR) is 80.8 cm³/mol. The normalized spacial score (nSPS) is 28.5. The monoisotopic (exact) mass is 342 g/mol. The maximum absolute atomic E-state index is 13.7. The van der Waals surface area contributed by atoms with Gasteiger partial charge in [-0.1, -0.05) is 0 Å². The summed E-state index contributed by atoms with van der Waals surface area (Å²) in [5, 5.41) is 8.76. The molecule has 0 atom stereocenters. The zero-order valence-corrected chi connectivity index (χ0v) is 13.4. The lowest BCUT2D eigenvalue weighted by Gasteiger charge is -2.28. The average molecular weight is 342 g/mol. The molecule has 2 aliphatic rings. The summed E-state index contributed by atoms with van der Waals surface area (Å²) in [4.78, 5) is 10.7. The topological polar surface area (TPSA) is 46.5 Å². The van der Waals surface area contributed by atoms with Gasteiger partial charge >= 0.3 is 5.97 Å². The van der Waals surface area contributed by atoms with E-state index in [1.165, 1.54) is 0 Å². The molecule has 24 heavy (non-hydrogen) atoms. The van der Waals surface area contributed by atoms with Crippen LogP contribution in [-0.4, -0.2) is 16.7 Å². The number of carboxylic acids is 1. The third-order valence-electron chi connectivity index (χ3n) is 5.68. The van der Waals surface area contributed by atoms with Crippen LogP contribution in [0, 0.1) is 22.9 Å². The van der Waals surface area contributed by atoms with Gasteiger partial charge in [0.05, 0.1) is 17.8 Å². The van der Waals surface area contributed by atoms with Gasteiger partial charge in [0.25, 0.3) is 0 Å². The third-order valence-corrected chi connectivity index (χ3v) is 5.68. The zero-order valence-electron chi connectivity index (χ0n) is 13.4. The summed E-state index contributed by atoms with van der Waals surface area (Å²) in [5.74, 6) is -3.85. The minimum atomic E-state index is -1.19. The van der Waals surface area contributed by atoms with Crippen molar-refractivity contribution in [3.8, 4) is 0 Å². The van der Waals surface area contributed by atoms with E-state index in [0.29, 0.717) is 6.42 Å². The summed E-state index contributed by atoms with van der Waals surface area (Å²) in [7, 11) is 0. The first kappa shape index (κ1) is 17.3. The van der Waals surface area contributed by atoms with Crippen LogP contribution in [0.2, 0.25) is 0 Å². The van der Waals surface area contributed by atoms with E-state index in [0.717, 1.165) is 50.7 Å². The zero-order chi connectivity index (χ0) is 17.4. The van der Waals surface area contributed by atoms with E-state index < -0.39 is 29.0 Å². The Kier molecular flexibility index (Phi) is 4.60. The molecule has 0 spiro atoms. The van der Waals surface area contributed by atoms with Crippen molar-refractivity contribution in [3.05, 3.63) is 35.1 Å². The number of hydrogen-bond donors (Lipinski definition) is 1. The Morgan fingerprint density at radius 3 is 2.46 bits per heavy atom. The number of ether oxygens (including phenoxy) is 1. The molecule has 0 saturated heterocycles. The predicted octanol–water partition coefficient (Wildman–Crippen LogP) is 4.58. The molecule has 6 heteroatoms. The second-order valence-corrected chi connectivity index (χ2v) is 7.22. The highest BCUT2D eigenvalue weighted by Crippen LogP contribution is 2.60. The molecule has 0 heterocycles. The fourth-order valence-electron chi connectivity index (χ4n) is 4.35. The Balaban J connectivity index is 1.62. The molecule has 0 aliphatic heterocycles. The van der Waals surface area contributed by atoms with Gasteiger partial charge < -0.3 is 9.84 Å². The minimum absolute atomic E-state index is 0.0917. The molecule has 132 valence electrons. The lowest BCUT2D eigenvalue weighted by molar-refractivity contribution is -0.137. The van der Waals surface area contributed by atoms with Crippen molar-refractivity contribution in [2.75, 3.05) is 0 Å². The molecular weight excluding hydrogens is 321 g/mol. The molecule has 1 aromatic carbocycles. The fraction of sp³-hybridized carbons (Fsp3) is 0.611. The van der Waals surface area contributed by atoms with E-state index >= 15 is 0 Å². The first-order valence-corrected chi connectivity index (χ1v) is 8.33. The van der Waals surface area contributed by atoms with E-state index in [1.54, 1.807) is 0 Å². The smallest absolute Gasteiger partial charge is 0.303 e.